The van der Waals surface area contributed by atoms with Crippen LogP contribution in [0, 0.1) is 11.8 Å². The minimum absolute atomic E-state index is 0.0509. The van der Waals surface area contributed by atoms with Crippen LogP contribution in [0.2, 0.25) is 0 Å². The minimum atomic E-state index is -0.519. The Kier molecular flexibility index (Phi) is 4.96. The lowest BCUT2D eigenvalue weighted by atomic mass is 10.0. The highest BCUT2D eigenvalue weighted by Crippen LogP contribution is 2.30. The third-order valence-corrected chi connectivity index (χ3v) is 3.41. The highest BCUT2D eigenvalue weighted by atomic mass is 16.2. The third kappa shape index (κ3) is 4.86. The van der Waals surface area contributed by atoms with Crippen LogP contribution in [-0.2, 0) is 9.59 Å². The third-order valence-electron chi connectivity index (χ3n) is 3.41. The van der Waals surface area contributed by atoms with Gasteiger partial charge in [0.05, 0.1) is 6.04 Å². The van der Waals surface area contributed by atoms with Crippen LogP contribution in [0.4, 0.5) is 11.4 Å². The molecule has 1 aliphatic rings. The molecule has 0 aliphatic heterocycles. The van der Waals surface area contributed by atoms with E-state index in [1.807, 2.05) is 19.9 Å². The fourth-order valence-corrected chi connectivity index (χ4v) is 2.11. The largest absolute Gasteiger partial charge is 0.326 e. The maximum absolute atomic E-state index is 12.0. The van der Waals surface area contributed by atoms with Crippen LogP contribution in [-0.4, -0.2) is 17.9 Å². The maximum Gasteiger partial charge on any atom is 0.241 e. The lowest BCUT2D eigenvalue weighted by molar-refractivity contribution is -0.118. The van der Waals surface area contributed by atoms with E-state index in [2.05, 4.69) is 10.6 Å². The number of carbonyl (C=O) groups excluding carboxylic acids is 2. The zero-order valence-corrected chi connectivity index (χ0v) is 12.6. The van der Waals surface area contributed by atoms with Gasteiger partial charge in [-0.3, -0.25) is 9.59 Å². The lowest BCUT2D eigenvalue weighted by Crippen LogP contribution is -2.36. The monoisotopic (exact) mass is 289 g/mol. The lowest BCUT2D eigenvalue weighted by Gasteiger charge is -2.14. The molecule has 2 rings (SSSR count). The van der Waals surface area contributed by atoms with Gasteiger partial charge in [0.15, 0.2) is 0 Å². The van der Waals surface area contributed by atoms with Gasteiger partial charge in [-0.25, -0.2) is 0 Å². The molecule has 0 radical (unpaired) electrons. The zero-order valence-electron chi connectivity index (χ0n) is 12.6. The number of amides is 2. The summed E-state index contributed by atoms with van der Waals surface area (Å²) in [5, 5.41) is 5.65. The topological polar surface area (TPSA) is 84.2 Å². The number of anilines is 2. The number of nitrogens with two attached hydrogens (primary N) is 1. The summed E-state index contributed by atoms with van der Waals surface area (Å²) < 4.78 is 0. The van der Waals surface area contributed by atoms with Crippen molar-refractivity contribution in [1.29, 1.82) is 0 Å². The number of benzene rings is 1. The Bertz CT molecular complexity index is 524. The van der Waals surface area contributed by atoms with E-state index < -0.39 is 6.04 Å². The van der Waals surface area contributed by atoms with Gasteiger partial charge < -0.3 is 16.4 Å². The minimum Gasteiger partial charge on any atom is -0.326 e. The van der Waals surface area contributed by atoms with Crippen molar-refractivity contribution in [3.63, 3.8) is 0 Å². The molecule has 114 valence electrons. The first-order valence-electron chi connectivity index (χ1n) is 7.43. The van der Waals surface area contributed by atoms with E-state index in [0.29, 0.717) is 23.7 Å². The molecule has 0 bridgehead atoms. The van der Waals surface area contributed by atoms with Gasteiger partial charge in [0, 0.05) is 17.3 Å². The highest BCUT2D eigenvalue weighted by Gasteiger charge is 2.29. The van der Waals surface area contributed by atoms with Crippen molar-refractivity contribution in [3.8, 4) is 0 Å². The molecule has 1 aliphatic carbocycles. The van der Waals surface area contributed by atoms with E-state index in [1.165, 1.54) is 0 Å². The molecule has 0 heterocycles. The Hall–Kier alpha value is -1.88. The average molecular weight is 289 g/mol. The molecule has 0 saturated heterocycles. The molecule has 1 fully saturated rings. The van der Waals surface area contributed by atoms with Gasteiger partial charge >= 0.3 is 0 Å². The van der Waals surface area contributed by atoms with Crippen LogP contribution in [0.3, 0.4) is 0 Å². The van der Waals surface area contributed by atoms with Crippen molar-refractivity contribution in [3.05, 3.63) is 24.3 Å². The number of hydrogen-bond acceptors (Lipinski definition) is 3. The molecular weight excluding hydrogens is 266 g/mol. The summed E-state index contributed by atoms with van der Waals surface area (Å²) in [5.41, 5.74) is 7.19. The van der Waals surface area contributed by atoms with Crippen LogP contribution in [0.5, 0.6) is 0 Å². The molecule has 1 aromatic rings. The SMILES string of the molecule is CC(C)CC(N)C(=O)Nc1cccc(NC(=O)C2CC2)c1. The predicted molar refractivity (Wildman–Crippen MR) is 83.9 cm³/mol. The van der Waals surface area contributed by atoms with Crippen molar-refractivity contribution in [2.45, 2.75) is 39.2 Å². The van der Waals surface area contributed by atoms with E-state index in [-0.39, 0.29) is 17.7 Å². The van der Waals surface area contributed by atoms with E-state index in [1.54, 1.807) is 18.2 Å². The number of carbonyl (C=O) groups is 2. The standard InChI is InChI=1S/C16H23N3O2/c1-10(2)8-14(17)16(21)19-13-5-3-4-12(9-13)18-15(20)11-6-7-11/h3-5,9-11,14H,6-8,17H2,1-2H3,(H,18,20)(H,19,21). The van der Waals surface area contributed by atoms with E-state index in [4.69, 9.17) is 5.73 Å². The second-order valence-electron chi connectivity index (χ2n) is 6.07. The second-order valence-corrected chi connectivity index (χ2v) is 6.07. The maximum atomic E-state index is 12.0. The Balaban J connectivity index is 1.93. The summed E-state index contributed by atoms with van der Waals surface area (Å²) in [6, 6.07) is 6.62. The van der Waals surface area contributed by atoms with Crippen LogP contribution >= 0.6 is 0 Å². The highest BCUT2D eigenvalue weighted by molar-refractivity contribution is 5.97. The summed E-state index contributed by atoms with van der Waals surface area (Å²) in [7, 11) is 0. The molecule has 5 nitrogen and oxygen atoms in total. The fourth-order valence-electron chi connectivity index (χ4n) is 2.11. The summed E-state index contributed by atoms with van der Waals surface area (Å²) in [6.07, 6.45) is 2.57. The van der Waals surface area contributed by atoms with Crippen molar-refractivity contribution in [2.75, 3.05) is 10.6 Å². The summed E-state index contributed by atoms with van der Waals surface area (Å²) in [4.78, 5) is 23.7. The van der Waals surface area contributed by atoms with Crippen molar-refractivity contribution >= 4 is 23.2 Å². The number of hydrogen-bond donors (Lipinski definition) is 3. The van der Waals surface area contributed by atoms with Crippen LogP contribution in [0.25, 0.3) is 0 Å². The van der Waals surface area contributed by atoms with Gasteiger partial charge in [0.25, 0.3) is 0 Å². The Morgan fingerprint density at radius 1 is 1.24 bits per heavy atom. The Morgan fingerprint density at radius 3 is 2.43 bits per heavy atom. The first-order valence-corrected chi connectivity index (χ1v) is 7.43. The van der Waals surface area contributed by atoms with Crippen molar-refractivity contribution in [2.24, 2.45) is 17.6 Å². The molecule has 5 heteroatoms. The first kappa shape index (κ1) is 15.5. The van der Waals surface area contributed by atoms with Gasteiger partial charge in [0.1, 0.15) is 0 Å². The predicted octanol–water partition coefficient (Wildman–Crippen LogP) is 2.35. The van der Waals surface area contributed by atoms with Crippen LogP contribution < -0.4 is 16.4 Å². The second kappa shape index (κ2) is 6.72. The molecular formula is C16H23N3O2. The quantitative estimate of drug-likeness (QED) is 0.751. The Morgan fingerprint density at radius 2 is 1.86 bits per heavy atom. The molecule has 2 amide bonds. The first-order chi connectivity index (χ1) is 9.95. The molecule has 1 saturated carbocycles. The zero-order chi connectivity index (χ0) is 15.4. The smallest absolute Gasteiger partial charge is 0.241 e. The number of rotatable bonds is 6. The summed E-state index contributed by atoms with van der Waals surface area (Å²) in [6.45, 7) is 4.06. The molecule has 1 unspecified atom stereocenters. The average Bonchev–Trinajstić information content (AvgIpc) is 3.22. The van der Waals surface area contributed by atoms with E-state index in [9.17, 15) is 9.59 Å². The molecule has 1 atom stereocenters. The Labute approximate surface area is 125 Å². The van der Waals surface area contributed by atoms with Gasteiger partial charge in [0.2, 0.25) is 11.8 Å². The van der Waals surface area contributed by atoms with Crippen LogP contribution in [0.1, 0.15) is 33.1 Å². The van der Waals surface area contributed by atoms with Gasteiger partial charge in [-0.15, -0.1) is 0 Å². The van der Waals surface area contributed by atoms with Crippen molar-refractivity contribution < 1.29 is 9.59 Å². The molecule has 21 heavy (non-hydrogen) atoms. The van der Waals surface area contributed by atoms with E-state index in [0.717, 1.165) is 12.8 Å². The molecule has 0 spiro atoms. The van der Waals surface area contributed by atoms with Gasteiger partial charge in [-0.2, -0.15) is 0 Å². The van der Waals surface area contributed by atoms with Crippen LogP contribution in [0.15, 0.2) is 24.3 Å². The summed E-state index contributed by atoms with van der Waals surface area (Å²) in [5.74, 6) is 0.377. The molecule has 0 aromatic heterocycles. The summed E-state index contributed by atoms with van der Waals surface area (Å²) >= 11 is 0. The molecule has 4 N–H and O–H groups in total. The fraction of sp³-hybridized carbons (Fsp3) is 0.500. The normalized spacial score (nSPS) is 15.6. The van der Waals surface area contributed by atoms with Crippen molar-refractivity contribution in [1.82, 2.24) is 0 Å². The number of nitrogens with one attached hydrogen (secondary N) is 2. The van der Waals surface area contributed by atoms with E-state index >= 15 is 0 Å². The van der Waals surface area contributed by atoms with Gasteiger partial charge in [-0.1, -0.05) is 19.9 Å². The molecule has 1 aromatic carbocycles. The van der Waals surface area contributed by atoms with Gasteiger partial charge in [-0.05, 0) is 43.4 Å².